The van der Waals surface area contributed by atoms with E-state index < -0.39 is 6.04 Å². The first-order valence-electron chi connectivity index (χ1n) is 5.94. The smallest absolute Gasteiger partial charge is 0.247 e. The van der Waals surface area contributed by atoms with E-state index in [0.29, 0.717) is 29.9 Å². The Balaban J connectivity index is 1.81. The Hall–Kier alpha value is -1.90. The molecule has 2 aliphatic rings. The fourth-order valence-electron chi connectivity index (χ4n) is 2.45. The maximum Gasteiger partial charge on any atom is 0.247 e. The van der Waals surface area contributed by atoms with Gasteiger partial charge >= 0.3 is 0 Å². The average Bonchev–Trinajstić information content (AvgIpc) is 2.82. The number of nitrogens with zero attached hydrogens (tertiary/aromatic N) is 5. The number of anilines is 2. The summed E-state index contributed by atoms with van der Waals surface area (Å²) in [6.45, 7) is 1.79. The summed E-state index contributed by atoms with van der Waals surface area (Å²) >= 11 is 1.29. The molecule has 0 saturated carbocycles. The lowest BCUT2D eigenvalue weighted by molar-refractivity contribution is -0.154. The minimum atomic E-state index is -0.426. The van der Waals surface area contributed by atoms with Crippen LogP contribution in [0.15, 0.2) is 0 Å². The van der Waals surface area contributed by atoms with Gasteiger partial charge in [-0.15, -0.1) is 10.2 Å². The van der Waals surface area contributed by atoms with E-state index in [2.05, 4.69) is 10.2 Å². The number of fused-ring (bicyclic) bond motifs is 1. The van der Waals surface area contributed by atoms with Crippen molar-refractivity contribution in [3.05, 3.63) is 0 Å². The number of amides is 2. The highest BCUT2D eigenvalue weighted by atomic mass is 32.1. The van der Waals surface area contributed by atoms with Gasteiger partial charge in [-0.25, -0.2) is 0 Å². The van der Waals surface area contributed by atoms with Crippen LogP contribution in [0.5, 0.6) is 0 Å². The second kappa shape index (κ2) is 4.34. The molecule has 1 atom stereocenters. The number of nitrogen functional groups attached to an aromatic ring is 1. The SMILES string of the molecule is CN1CC(=O)N2CCN(c3nnc(N)s3)CC2C1=O. The lowest BCUT2D eigenvalue weighted by atomic mass is 10.1. The lowest BCUT2D eigenvalue weighted by Crippen LogP contribution is -2.66. The highest BCUT2D eigenvalue weighted by Gasteiger charge is 2.41. The zero-order valence-electron chi connectivity index (χ0n) is 10.4. The third kappa shape index (κ3) is 1.99. The van der Waals surface area contributed by atoms with Crippen molar-refractivity contribution >= 4 is 33.4 Å². The van der Waals surface area contributed by atoms with Gasteiger partial charge in [0, 0.05) is 26.7 Å². The maximum atomic E-state index is 12.1. The molecule has 2 fully saturated rings. The van der Waals surface area contributed by atoms with Crippen molar-refractivity contribution in [2.24, 2.45) is 0 Å². The molecule has 2 aliphatic heterocycles. The van der Waals surface area contributed by atoms with Crippen molar-refractivity contribution in [3.63, 3.8) is 0 Å². The molecule has 8 nitrogen and oxygen atoms in total. The van der Waals surface area contributed by atoms with Gasteiger partial charge in [-0.2, -0.15) is 0 Å². The zero-order chi connectivity index (χ0) is 13.6. The number of nitrogens with two attached hydrogens (primary N) is 1. The molecule has 19 heavy (non-hydrogen) atoms. The van der Waals surface area contributed by atoms with Crippen LogP contribution in [0.3, 0.4) is 0 Å². The molecule has 0 radical (unpaired) electrons. The molecule has 3 rings (SSSR count). The predicted octanol–water partition coefficient (Wildman–Crippen LogP) is -1.39. The number of aromatic nitrogens is 2. The zero-order valence-corrected chi connectivity index (χ0v) is 11.3. The fourth-order valence-corrected chi connectivity index (χ4v) is 3.09. The van der Waals surface area contributed by atoms with Crippen LogP contribution in [0.1, 0.15) is 0 Å². The van der Waals surface area contributed by atoms with Gasteiger partial charge in [0.15, 0.2) is 0 Å². The Morgan fingerprint density at radius 1 is 1.32 bits per heavy atom. The van der Waals surface area contributed by atoms with Crippen LogP contribution in [-0.2, 0) is 9.59 Å². The van der Waals surface area contributed by atoms with Crippen molar-refractivity contribution in [1.82, 2.24) is 20.0 Å². The summed E-state index contributed by atoms with van der Waals surface area (Å²) in [6.07, 6.45) is 0. The number of carbonyl (C=O) groups excluding carboxylic acids is 2. The number of hydrogen-bond acceptors (Lipinski definition) is 7. The van der Waals surface area contributed by atoms with Crippen LogP contribution >= 0.6 is 11.3 Å². The summed E-state index contributed by atoms with van der Waals surface area (Å²) in [7, 11) is 1.65. The Morgan fingerprint density at radius 3 is 2.79 bits per heavy atom. The normalized spacial score (nSPS) is 23.8. The van der Waals surface area contributed by atoms with Crippen molar-refractivity contribution in [1.29, 1.82) is 0 Å². The predicted molar refractivity (Wildman–Crippen MR) is 69.7 cm³/mol. The minimum Gasteiger partial charge on any atom is -0.374 e. The third-order valence-corrected chi connectivity index (χ3v) is 4.25. The van der Waals surface area contributed by atoms with E-state index >= 15 is 0 Å². The summed E-state index contributed by atoms with van der Waals surface area (Å²) in [6, 6.07) is -0.426. The maximum absolute atomic E-state index is 12.1. The molecule has 2 saturated heterocycles. The largest absolute Gasteiger partial charge is 0.374 e. The molecule has 1 aromatic rings. The summed E-state index contributed by atoms with van der Waals surface area (Å²) in [5, 5.41) is 8.86. The Kier molecular flexibility index (Phi) is 2.77. The van der Waals surface area contributed by atoms with Crippen molar-refractivity contribution in [3.8, 4) is 0 Å². The molecule has 1 unspecified atom stereocenters. The van der Waals surface area contributed by atoms with E-state index in [4.69, 9.17) is 5.73 Å². The fraction of sp³-hybridized carbons (Fsp3) is 0.600. The number of hydrogen-bond donors (Lipinski definition) is 1. The number of carbonyl (C=O) groups is 2. The summed E-state index contributed by atoms with van der Waals surface area (Å²) < 4.78 is 0. The summed E-state index contributed by atoms with van der Waals surface area (Å²) in [5.74, 6) is -0.0229. The number of piperazine rings is 2. The van der Waals surface area contributed by atoms with Gasteiger partial charge in [0.05, 0.1) is 6.54 Å². The van der Waals surface area contributed by atoms with E-state index in [1.165, 1.54) is 16.2 Å². The summed E-state index contributed by atoms with van der Waals surface area (Å²) in [4.78, 5) is 29.1. The van der Waals surface area contributed by atoms with Crippen molar-refractivity contribution in [2.75, 3.05) is 43.9 Å². The molecule has 3 heterocycles. The highest BCUT2D eigenvalue weighted by molar-refractivity contribution is 7.18. The molecule has 9 heteroatoms. The second-order valence-electron chi connectivity index (χ2n) is 4.67. The van der Waals surface area contributed by atoms with Crippen LogP contribution in [0.25, 0.3) is 0 Å². The van der Waals surface area contributed by atoms with Gasteiger partial charge in [-0.3, -0.25) is 9.59 Å². The van der Waals surface area contributed by atoms with Crippen LogP contribution < -0.4 is 10.6 Å². The van der Waals surface area contributed by atoms with Crippen molar-refractivity contribution < 1.29 is 9.59 Å². The van der Waals surface area contributed by atoms with Gasteiger partial charge in [-0.05, 0) is 0 Å². The van der Waals surface area contributed by atoms with E-state index in [0.717, 1.165) is 0 Å². The van der Waals surface area contributed by atoms with E-state index in [9.17, 15) is 9.59 Å². The minimum absolute atomic E-state index is 0.00327. The Labute approximate surface area is 113 Å². The van der Waals surface area contributed by atoms with Gasteiger partial charge < -0.3 is 20.4 Å². The first-order chi connectivity index (χ1) is 9.06. The number of rotatable bonds is 1. The third-order valence-electron chi connectivity index (χ3n) is 3.43. The molecule has 102 valence electrons. The van der Waals surface area contributed by atoms with Gasteiger partial charge in [0.25, 0.3) is 0 Å². The first-order valence-corrected chi connectivity index (χ1v) is 6.76. The van der Waals surface area contributed by atoms with Gasteiger partial charge in [0.2, 0.25) is 22.1 Å². The van der Waals surface area contributed by atoms with Gasteiger partial charge in [-0.1, -0.05) is 11.3 Å². The molecule has 0 aliphatic carbocycles. The highest BCUT2D eigenvalue weighted by Crippen LogP contribution is 2.26. The molecular weight excluding hydrogens is 268 g/mol. The molecule has 1 aromatic heterocycles. The van der Waals surface area contributed by atoms with Crippen molar-refractivity contribution in [2.45, 2.75) is 6.04 Å². The topological polar surface area (TPSA) is 95.7 Å². The lowest BCUT2D eigenvalue weighted by Gasteiger charge is -2.45. The van der Waals surface area contributed by atoms with E-state index in [-0.39, 0.29) is 18.4 Å². The standard InChI is InChI=1S/C10H14N6O2S/c1-14-5-7(17)16-3-2-15(4-6(16)8(14)18)10-13-12-9(11)19-10/h6H,2-5H2,1H3,(H2,11,12). The van der Waals surface area contributed by atoms with Crippen LogP contribution in [0, 0.1) is 0 Å². The molecule has 0 bridgehead atoms. The summed E-state index contributed by atoms with van der Waals surface area (Å²) in [5.41, 5.74) is 5.57. The molecule has 2 N–H and O–H groups in total. The molecule has 0 aromatic carbocycles. The van der Waals surface area contributed by atoms with Crippen LogP contribution in [0.2, 0.25) is 0 Å². The quantitative estimate of drug-likeness (QED) is 0.681. The Morgan fingerprint density at radius 2 is 2.11 bits per heavy atom. The second-order valence-corrected chi connectivity index (χ2v) is 5.65. The average molecular weight is 282 g/mol. The molecular formula is C10H14N6O2S. The monoisotopic (exact) mass is 282 g/mol. The van der Waals surface area contributed by atoms with E-state index in [1.807, 2.05) is 4.90 Å². The van der Waals surface area contributed by atoms with Gasteiger partial charge in [0.1, 0.15) is 6.04 Å². The molecule has 2 amide bonds. The van der Waals surface area contributed by atoms with Crippen LogP contribution in [-0.4, -0.2) is 71.1 Å². The molecule has 0 spiro atoms. The first kappa shape index (κ1) is 12.2. The Bertz CT molecular complexity index is 532. The number of likely N-dealkylation sites (N-methyl/N-ethyl adjacent to an activating group) is 1. The van der Waals surface area contributed by atoms with E-state index in [1.54, 1.807) is 11.9 Å². The van der Waals surface area contributed by atoms with Crippen LogP contribution in [0.4, 0.5) is 10.3 Å².